The number of rotatable bonds is 4. The third-order valence-corrected chi connectivity index (χ3v) is 4.61. The van der Waals surface area contributed by atoms with Crippen molar-refractivity contribution in [1.82, 2.24) is 0 Å². The first-order valence-electron chi connectivity index (χ1n) is 6.32. The number of aliphatic hydroxyl groups excluding tert-OH is 1. The summed E-state index contributed by atoms with van der Waals surface area (Å²) >= 11 is 11.9. The highest BCUT2D eigenvalue weighted by atomic mass is 35.5. The van der Waals surface area contributed by atoms with Gasteiger partial charge in [-0.25, -0.2) is 0 Å². The number of aliphatic hydroxyl groups is 1. The Bertz CT molecular complexity index is 410. The van der Waals surface area contributed by atoms with Crippen molar-refractivity contribution >= 4 is 23.2 Å². The van der Waals surface area contributed by atoms with Crippen LogP contribution in [0.5, 0.6) is 5.75 Å². The highest BCUT2D eigenvalue weighted by Crippen LogP contribution is 2.49. The lowest BCUT2D eigenvalue weighted by Crippen LogP contribution is -2.59. The Kier molecular flexibility index (Phi) is 4.10. The fourth-order valence-electron chi connectivity index (χ4n) is 2.83. The summed E-state index contributed by atoms with van der Waals surface area (Å²) in [7, 11) is 0. The molecule has 2 atom stereocenters. The van der Waals surface area contributed by atoms with Gasteiger partial charge in [0, 0.05) is 21.9 Å². The number of ether oxygens (including phenoxy) is 1. The molecule has 2 unspecified atom stereocenters. The Morgan fingerprint density at radius 3 is 2.22 bits per heavy atom. The number of halogens is 2. The summed E-state index contributed by atoms with van der Waals surface area (Å²) in [6.07, 6.45) is 2.25. The third kappa shape index (κ3) is 2.34. The van der Waals surface area contributed by atoms with Crippen molar-refractivity contribution in [2.24, 2.45) is 5.41 Å². The standard InChI is InChI=1S/C14H18Cl2O2/c1-3-14(4-2)12(17)8-13(14)18-11-6-9(15)5-10(16)7-11/h5-7,12-13,17H,3-4,8H2,1-2H3. The van der Waals surface area contributed by atoms with Gasteiger partial charge in [-0.1, -0.05) is 37.0 Å². The molecule has 0 aliphatic heterocycles. The first kappa shape index (κ1) is 14.0. The van der Waals surface area contributed by atoms with Gasteiger partial charge in [0.2, 0.25) is 0 Å². The first-order valence-corrected chi connectivity index (χ1v) is 7.08. The lowest BCUT2D eigenvalue weighted by molar-refractivity contribution is -0.159. The fourth-order valence-corrected chi connectivity index (χ4v) is 3.34. The smallest absolute Gasteiger partial charge is 0.122 e. The lowest BCUT2D eigenvalue weighted by atomic mass is 9.60. The van der Waals surface area contributed by atoms with Gasteiger partial charge in [0.15, 0.2) is 0 Å². The van der Waals surface area contributed by atoms with Crippen LogP contribution in [0.4, 0.5) is 0 Å². The SMILES string of the molecule is CCC1(CC)C(O)CC1Oc1cc(Cl)cc(Cl)c1. The van der Waals surface area contributed by atoms with Crippen molar-refractivity contribution in [3.8, 4) is 5.75 Å². The highest BCUT2D eigenvalue weighted by molar-refractivity contribution is 6.34. The number of hydrogen-bond donors (Lipinski definition) is 1. The quantitative estimate of drug-likeness (QED) is 0.894. The second-order valence-electron chi connectivity index (χ2n) is 4.90. The summed E-state index contributed by atoms with van der Waals surface area (Å²) in [5.41, 5.74) is -0.130. The lowest BCUT2D eigenvalue weighted by Gasteiger charge is -2.52. The molecule has 0 bridgehead atoms. The van der Waals surface area contributed by atoms with Crippen LogP contribution in [0.3, 0.4) is 0 Å². The molecule has 1 fully saturated rings. The first-order chi connectivity index (χ1) is 8.51. The predicted molar refractivity (Wildman–Crippen MR) is 74.5 cm³/mol. The van der Waals surface area contributed by atoms with E-state index in [9.17, 15) is 5.11 Å². The van der Waals surface area contributed by atoms with E-state index in [1.165, 1.54) is 0 Å². The van der Waals surface area contributed by atoms with Crippen LogP contribution in [0.25, 0.3) is 0 Å². The summed E-state index contributed by atoms with van der Waals surface area (Å²) in [4.78, 5) is 0. The molecular weight excluding hydrogens is 271 g/mol. The predicted octanol–water partition coefficient (Wildman–Crippen LogP) is 4.31. The molecule has 2 rings (SSSR count). The molecule has 1 aromatic carbocycles. The maximum atomic E-state index is 9.98. The van der Waals surface area contributed by atoms with Crippen LogP contribution in [0.15, 0.2) is 18.2 Å². The van der Waals surface area contributed by atoms with Crippen LogP contribution >= 0.6 is 23.2 Å². The second kappa shape index (κ2) is 5.28. The van der Waals surface area contributed by atoms with E-state index in [1.54, 1.807) is 18.2 Å². The Hall–Kier alpha value is -0.440. The van der Waals surface area contributed by atoms with Crippen LogP contribution in [0.1, 0.15) is 33.1 Å². The number of hydrogen-bond acceptors (Lipinski definition) is 2. The minimum atomic E-state index is -0.271. The van der Waals surface area contributed by atoms with Gasteiger partial charge in [-0.3, -0.25) is 0 Å². The van der Waals surface area contributed by atoms with Crippen molar-refractivity contribution in [2.45, 2.75) is 45.3 Å². The summed E-state index contributed by atoms with van der Waals surface area (Å²) in [6.45, 7) is 4.18. The molecule has 1 N–H and O–H groups in total. The van der Waals surface area contributed by atoms with Gasteiger partial charge in [-0.2, -0.15) is 0 Å². The molecule has 0 heterocycles. The molecule has 4 heteroatoms. The Morgan fingerprint density at radius 1 is 1.22 bits per heavy atom. The number of benzene rings is 1. The van der Waals surface area contributed by atoms with Gasteiger partial charge in [0.1, 0.15) is 11.9 Å². The Morgan fingerprint density at radius 2 is 1.78 bits per heavy atom. The Balaban J connectivity index is 2.15. The summed E-state index contributed by atoms with van der Waals surface area (Å²) in [6, 6.07) is 5.20. The van der Waals surface area contributed by atoms with Crippen molar-refractivity contribution in [3.05, 3.63) is 28.2 Å². The summed E-state index contributed by atoms with van der Waals surface area (Å²) in [5, 5.41) is 11.1. The zero-order valence-corrected chi connectivity index (χ0v) is 12.1. The summed E-state index contributed by atoms with van der Waals surface area (Å²) in [5.74, 6) is 0.677. The zero-order chi connectivity index (χ0) is 13.3. The molecule has 0 amide bonds. The normalized spacial score (nSPS) is 25.6. The van der Waals surface area contributed by atoms with Gasteiger partial charge in [-0.05, 0) is 31.0 Å². The van der Waals surface area contributed by atoms with E-state index in [-0.39, 0.29) is 17.6 Å². The molecule has 100 valence electrons. The highest BCUT2D eigenvalue weighted by Gasteiger charge is 2.53. The van der Waals surface area contributed by atoms with Gasteiger partial charge in [0.05, 0.1) is 6.10 Å². The van der Waals surface area contributed by atoms with Crippen LogP contribution in [0.2, 0.25) is 10.0 Å². The third-order valence-electron chi connectivity index (χ3n) is 4.17. The molecule has 18 heavy (non-hydrogen) atoms. The largest absolute Gasteiger partial charge is 0.490 e. The van der Waals surface area contributed by atoms with Gasteiger partial charge in [-0.15, -0.1) is 0 Å². The van der Waals surface area contributed by atoms with E-state index < -0.39 is 0 Å². The van der Waals surface area contributed by atoms with E-state index in [0.29, 0.717) is 22.2 Å². The molecule has 0 spiro atoms. The van der Waals surface area contributed by atoms with E-state index in [4.69, 9.17) is 27.9 Å². The van der Waals surface area contributed by atoms with E-state index in [1.807, 2.05) is 0 Å². The van der Waals surface area contributed by atoms with Crippen LogP contribution in [0, 0.1) is 5.41 Å². The molecule has 1 aliphatic rings. The van der Waals surface area contributed by atoms with Crippen molar-refractivity contribution in [3.63, 3.8) is 0 Å². The van der Waals surface area contributed by atoms with Crippen LogP contribution < -0.4 is 4.74 Å². The molecular formula is C14H18Cl2O2. The minimum Gasteiger partial charge on any atom is -0.490 e. The summed E-state index contributed by atoms with van der Waals surface area (Å²) < 4.78 is 5.95. The topological polar surface area (TPSA) is 29.5 Å². The molecule has 1 aliphatic carbocycles. The van der Waals surface area contributed by atoms with Gasteiger partial charge >= 0.3 is 0 Å². The molecule has 1 aromatic rings. The van der Waals surface area contributed by atoms with Crippen molar-refractivity contribution < 1.29 is 9.84 Å². The monoisotopic (exact) mass is 288 g/mol. The van der Waals surface area contributed by atoms with E-state index >= 15 is 0 Å². The maximum absolute atomic E-state index is 9.98. The second-order valence-corrected chi connectivity index (χ2v) is 5.78. The molecule has 2 nitrogen and oxygen atoms in total. The molecule has 0 radical (unpaired) electrons. The van der Waals surface area contributed by atoms with E-state index in [0.717, 1.165) is 12.8 Å². The molecule has 0 aromatic heterocycles. The van der Waals surface area contributed by atoms with Crippen molar-refractivity contribution in [2.75, 3.05) is 0 Å². The van der Waals surface area contributed by atoms with Gasteiger partial charge < -0.3 is 9.84 Å². The van der Waals surface area contributed by atoms with Crippen molar-refractivity contribution in [1.29, 1.82) is 0 Å². The minimum absolute atomic E-state index is 0.0389. The molecule has 0 saturated heterocycles. The van der Waals surface area contributed by atoms with Crippen LogP contribution in [-0.2, 0) is 0 Å². The van der Waals surface area contributed by atoms with Gasteiger partial charge in [0.25, 0.3) is 0 Å². The maximum Gasteiger partial charge on any atom is 0.122 e. The van der Waals surface area contributed by atoms with E-state index in [2.05, 4.69) is 13.8 Å². The zero-order valence-electron chi connectivity index (χ0n) is 10.6. The molecule has 1 saturated carbocycles. The fraction of sp³-hybridized carbons (Fsp3) is 0.571. The average molecular weight is 289 g/mol. The van der Waals surface area contributed by atoms with Crippen LogP contribution in [-0.4, -0.2) is 17.3 Å². The Labute approximate surface area is 118 Å². The average Bonchev–Trinajstić information content (AvgIpc) is 2.29.